The van der Waals surface area contributed by atoms with Gasteiger partial charge in [0.05, 0.1) is 31.5 Å². The number of hydrogen-bond acceptors (Lipinski definition) is 8. The van der Waals surface area contributed by atoms with Gasteiger partial charge in [0.15, 0.2) is 0 Å². The lowest BCUT2D eigenvalue weighted by atomic mass is 9.94. The largest absolute Gasteiger partial charge is 0.494 e. The van der Waals surface area contributed by atoms with Crippen LogP contribution in [0.25, 0.3) is 0 Å². The van der Waals surface area contributed by atoms with Crippen molar-refractivity contribution < 1.29 is 24.8 Å². The highest BCUT2D eigenvalue weighted by Gasteiger charge is 2.29. The predicted octanol–water partition coefficient (Wildman–Crippen LogP) is 2.99. The smallest absolute Gasteiger partial charge is 0.119 e. The third-order valence-electron chi connectivity index (χ3n) is 5.12. The van der Waals surface area contributed by atoms with Crippen molar-refractivity contribution >= 4 is 23.7 Å². The van der Waals surface area contributed by atoms with E-state index < -0.39 is 6.10 Å². The van der Waals surface area contributed by atoms with Gasteiger partial charge in [0.25, 0.3) is 0 Å². The van der Waals surface area contributed by atoms with Gasteiger partial charge in [-0.1, -0.05) is 35.9 Å². The number of nitrogens with one attached hydrogen (secondary N) is 1. The molecule has 7 nitrogen and oxygen atoms in total. The summed E-state index contributed by atoms with van der Waals surface area (Å²) < 4.78 is 14.6. The summed E-state index contributed by atoms with van der Waals surface area (Å²) >= 11 is 7.56. The zero-order valence-electron chi connectivity index (χ0n) is 18.2. The summed E-state index contributed by atoms with van der Waals surface area (Å²) in [5.41, 5.74) is 3.09. The van der Waals surface area contributed by atoms with Crippen molar-refractivity contribution in [3.63, 3.8) is 0 Å². The molecule has 3 unspecified atom stereocenters. The minimum absolute atomic E-state index is 0.0923. The van der Waals surface area contributed by atoms with Gasteiger partial charge in [-0.25, -0.2) is 0 Å². The first kappa shape index (κ1) is 26.9. The van der Waals surface area contributed by atoms with Gasteiger partial charge in [0.1, 0.15) is 5.75 Å². The fraction of sp³-hybridized carbons (Fsp3) is 0.478. The molecular formula is C23H33ClN2O5S. The van der Waals surface area contributed by atoms with Crippen molar-refractivity contribution in [3.05, 3.63) is 64.2 Å². The summed E-state index contributed by atoms with van der Waals surface area (Å²) in [5, 5.41) is 32.5. The van der Waals surface area contributed by atoms with Crippen molar-refractivity contribution in [1.82, 2.24) is 4.72 Å². The van der Waals surface area contributed by atoms with Gasteiger partial charge in [0, 0.05) is 43.7 Å². The van der Waals surface area contributed by atoms with E-state index in [0.717, 1.165) is 54.6 Å². The van der Waals surface area contributed by atoms with E-state index in [9.17, 15) is 10.2 Å². The second kappa shape index (κ2) is 14.7. The molecule has 32 heavy (non-hydrogen) atoms. The normalized spacial score (nSPS) is 20.4. The Morgan fingerprint density at radius 2 is 1.94 bits per heavy atom. The molecule has 178 valence electrons. The second-order valence-corrected chi connectivity index (χ2v) is 8.37. The topological polar surface area (TPSA) is 117 Å². The van der Waals surface area contributed by atoms with E-state index in [-0.39, 0.29) is 18.8 Å². The van der Waals surface area contributed by atoms with Gasteiger partial charge in [-0.15, -0.1) is 0 Å². The molecule has 0 spiro atoms. The summed E-state index contributed by atoms with van der Waals surface area (Å²) in [6.07, 6.45) is 1.48. The monoisotopic (exact) mass is 484 g/mol. The summed E-state index contributed by atoms with van der Waals surface area (Å²) in [6, 6.07) is 13.8. The number of ether oxygens (including phenoxy) is 2. The third-order valence-corrected chi connectivity index (χ3v) is 5.86. The van der Waals surface area contributed by atoms with E-state index in [4.69, 9.17) is 31.3 Å². The molecule has 0 aromatic heterocycles. The quantitative estimate of drug-likeness (QED) is 0.258. The zero-order chi connectivity index (χ0) is 23.3. The van der Waals surface area contributed by atoms with Crippen LogP contribution in [0.15, 0.2) is 42.5 Å². The molecule has 1 aliphatic rings. The third kappa shape index (κ3) is 8.53. The molecule has 0 amide bonds. The van der Waals surface area contributed by atoms with Gasteiger partial charge in [-0.05, 0) is 47.7 Å². The van der Waals surface area contributed by atoms with Crippen LogP contribution in [0.2, 0.25) is 5.02 Å². The highest BCUT2D eigenvalue weighted by molar-refractivity contribution is 7.95. The molecule has 2 aromatic rings. The zero-order valence-corrected chi connectivity index (χ0v) is 19.8. The van der Waals surface area contributed by atoms with Crippen LogP contribution in [0, 0.1) is 0 Å². The SMILES string of the molecule is CO.NSNCCCOc1ccc(Cc2cc(C3CC(O)CC(CO)O3)ccc2Cl)cc1. The lowest BCUT2D eigenvalue weighted by Crippen LogP contribution is -2.33. The van der Waals surface area contributed by atoms with Crippen molar-refractivity contribution in [1.29, 1.82) is 0 Å². The first-order valence-electron chi connectivity index (χ1n) is 10.6. The Kier molecular flexibility index (Phi) is 12.4. The van der Waals surface area contributed by atoms with Gasteiger partial charge in [-0.3, -0.25) is 9.86 Å². The molecular weight excluding hydrogens is 452 g/mol. The van der Waals surface area contributed by atoms with Crippen molar-refractivity contribution in [2.24, 2.45) is 5.14 Å². The van der Waals surface area contributed by atoms with Crippen molar-refractivity contribution in [2.75, 3.05) is 26.9 Å². The van der Waals surface area contributed by atoms with Gasteiger partial charge >= 0.3 is 0 Å². The standard InChI is InChI=1S/C22H29ClN2O4S.CH4O/c23-21-7-4-16(22-13-18(27)12-20(14-26)29-22)11-17(21)10-15-2-5-19(6-3-15)28-9-1-8-25-30-24;1-2/h2-7,11,18,20,22,25-27H,1,8-10,12-14,24H2;2H,1H3. The summed E-state index contributed by atoms with van der Waals surface area (Å²) in [7, 11) is 1.00. The molecule has 6 N–H and O–H groups in total. The number of halogens is 1. The molecule has 1 fully saturated rings. The van der Waals surface area contributed by atoms with E-state index in [1.54, 1.807) is 0 Å². The molecule has 2 aromatic carbocycles. The highest BCUT2D eigenvalue weighted by atomic mass is 35.5. The van der Waals surface area contributed by atoms with E-state index in [1.807, 2.05) is 42.5 Å². The summed E-state index contributed by atoms with van der Waals surface area (Å²) in [6.45, 7) is 1.34. The molecule has 1 heterocycles. The van der Waals surface area contributed by atoms with Crippen LogP contribution in [0.5, 0.6) is 5.75 Å². The maximum Gasteiger partial charge on any atom is 0.119 e. The van der Waals surface area contributed by atoms with Crippen LogP contribution in [0.4, 0.5) is 0 Å². The van der Waals surface area contributed by atoms with Crippen LogP contribution in [-0.2, 0) is 11.2 Å². The van der Waals surface area contributed by atoms with Crippen LogP contribution < -0.4 is 14.6 Å². The van der Waals surface area contributed by atoms with Crippen LogP contribution in [-0.4, -0.2) is 54.4 Å². The summed E-state index contributed by atoms with van der Waals surface area (Å²) in [5.74, 6) is 0.832. The summed E-state index contributed by atoms with van der Waals surface area (Å²) in [4.78, 5) is 0. The Balaban J connectivity index is 0.00000176. The van der Waals surface area contributed by atoms with Gasteiger partial charge in [-0.2, -0.15) is 0 Å². The molecule has 1 aliphatic heterocycles. The molecule has 0 saturated carbocycles. The molecule has 9 heteroatoms. The fourth-order valence-corrected chi connectivity index (χ4v) is 4.02. The number of hydrogen-bond donors (Lipinski definition) is 5. The average molecular weight is 485 g/mol. The number of benzene rings is 2. The van der Waals surface area contributed by atoms with Gasteiger partial charge in [0.2, 0.25) is 0 Å². The second-order valence-electron chi connectivity index (χ2n) is 7.44. The minimum Gasteiger partial charge on any atom is -0.494 e. The maximum atomic E-state index is 10.1. The molecule has 0 radical (unpaired) electrons. The number of nitrogens with two attached hydrogens (primary N) is 1. The van der Waals surface area contributed by atoms with Crippen LogP contribution >= 0.6 is 23.7 Å². The molecule has 3 atom stereocenters. The van der Waals surface area contributed by atoms with E-state index >= 15 is 0 Å². The van der Waals surface area contributed by atoms with Crippen LogP contribution in [0.1, 0.15) is 42.1 Å². The highest BCUT2D eigenvalue weighted by Crippen LogP contribution is 2.33. The van der Waals surface area contributed by atoms with Crippen molar-refractivity contribution in [3.8, 4) is 5.75 Å². The average Bonchev–Trinajstić information content (AvgIpc) is 2.82. The Morgan fingerprint density at radius 1 is 1.19 bits per heavy atom. The lowest BCUT2D eigenvalue weighted by molar-refractivity contribution is -0.113. The molecule has 3 rings (SSSR count). The number of aliphatic hydroxyl groups is 3. The van der Waals surface area contributed by atoms with E-state index in [0.29, 0.717) is 30.9 Å². The van der Waals surface area contributed by atoms with E-state index in [2.05, 4.69) is 4.72 Å². The molecule has 0 aliphatic carbocycles. The Morgan fingerprint density at radius 3 is 2.62 bits per heavy atom. The number of aliphatic hydroxyl groups excluding tert-OH is 3. The van der Waals surface area contributed by atoms with E-state index in [1.165, 1.54) is 0 Å². The van der Waals surface area contributed by atoms with Gasteiger partial charge < -0.3 is 24.8 Å². The first-order valence-corrected chi connectivity index (χ1v) is 11.8. The molecule has 0 bridgehead atoms. The molecule has 1 saturated heterocycles. The number of rotatable bonds is 10. The Labute approximate surface area is 199 Å². The minimum atomic E-state index is -0.475. The first-order chi connectivity index (χ1) is 15.6. The van der Waals surface area contributed by atoms with Crippen molar-refractivity contribution in [2.45, 2.75) is 44.0 Å². The Hall–Kier alpha value is -1.36. The predicted molar refractivity (Wildman–Crippen MR) is 129 cm³/mol. The lowest BCUT2D eigenvalue weighted by Gasteiger charge is -2.32. The fourth-order valence-electron chi connectivity index (χ4n) is 3.57. The van der Waals surface area contributed by atoms with Crippen LogP contribution in [0.3, 0.4) is 0 Å². The Bertz CT molecular complexity index is 796. The maximum absolute atomic E-state index is 10.1.